The molecule has 1 aromatic rings. The lowest BCUT2D eigenvalue weighted by molar-refractivity contribution is 0.0549. The molecule has 0 N–H and O–H groups in total. The number of halogens is 1. The van der Waals surface area contributed by atoms with Gasteiger partial charge in [-0.2, -0.15) is 0 Å². The van der Waals surface area contributed by atoms with Crippen molar-refractivity contribution in [2.24, 2.45) is 0 Å². The zero-order chi connectivity index (χ0) is 12.8. The average molecular weight is 257 g/mol. The minimum Gasteiger partial charge on any atom is -0.490 e. The number of hydrogen-bond acceptors (Lipinski definition) is 3. The molecule has 17 heavy (non-hydrogen) atoms. The Labute approximate surface area is 107 Å². The maximum atomic E-state index is 11.4. The molecule has 94 valence electrons. The fourth-order valence-corrected chi connectivity index (χ4v) is 1.51. The Kier molecular flexibility index (Phi) is 5.45. The summed E-state index contributed by atoms with van der Waals surface area (Å²) < 4.78 is 10.9. The van der Waals surface area contributed by atoms with E-state index in [0.29, 0.717) is 29.5 Å². The Hall–Kier alpha value is -1.06. The maximum absolute atomic E-state index is 11.4. The van der Waals surface area contributed by atoms with E-state index in [4.69, 9.17) is 21.1 Å². The number of ketones is 1. The highest BCUT2D eigenvalue weighted by molar-refractivity contribution is 6.31. The summed E-state index contributed by atoms with van der Waals surface area (Å²) >= 11 is 5.83. The molecule has 0 aromatic heterocycles. The van der Waals surface area contributed by atoms with Gasteiger partial charge in [-0.1, -0.05) is 11.6 Å². The van der Waals surface area contributed by atoms with Crippen molar-refractivity contribution < 1.29 is 14.3 Å². The second kappa shape index (κ2) is 6.62. The van der Waals surface area contributed by atoms with E-state index in [1.54, 1.807) is 18.2 Å². The SMILES string of the molecule is CC(=O)c1cc(Cl)ccc1OCCOC(C)C. The van der Waals surface area contributed by atoms with Crippen LogP contribution in [0.3, 0.4) is 0 Å². The van der Waals surface area contributed by atoms with E-state index in [-0.39, 0.29) is 11.9 Å². The number of Topliss-reactive ketones (excluding diaryl/α,β-unsaturated/α-hetero) is 1. The van der Waals surface area contributed by atoms with Crippen LogP contribution in [0.15, 0.2) is 18.2 Å². The summed E-state index contributed by atoms with van der Waals surface area (Å²) in [6, 6.07) is 5.02. The lowest BCUT2D eigenvalue weighted by atomic mass is 10.1. The van der Waals surface area contributed by atoms with Crippen molar-refractivity contribution >= 4 is 17.4 Å². The molecule has 1 aromatic carbocycles. The monoisotopic (exact) mass is 256 g/mol. The first-order valence-electron chi connectivity index (χ1n) is 5.55. The molecule has 1 rings (SSSR count). The molecular weight excluding hydrogens is 240 g/mol. The molecule has 0 atom stereocenters. The highest BCUT2D eigenvalue weighted by Gasteiger charge is 2.09. The minimum atomic E-state index is -0.0627. The standard InChI is InChI=1S/C13H17ClO3/c1-9(2)16-6-7-17-13-5-4-11(14)8-12(13)10(3)15/h4-5,8-9H,6-7H2,1-3H3. The van der Waals surface area contributed by atoms with Gasteiger partial charge in [0.05, 0.1) is 18.3 Å². The van der Waals surface area contributed by atoms with Crippen LogP contribution < -0.4 is 4.74 Å². The van der Waals surface area contributed by atoms with E-state index in [9.17, 15) is 4.79 Å². The summed E-state index contributed by atoms with van der Waals surface area (Å²) in [6.45, 7) is 6.33. The van der Waals surface area contributed by atoms with E-state index >= 15 is 0 Å². The van der Waals surface area contributed by atoms with Gasteiger partial charge in [-0.25, -0.2) is 0 Å². The largest absolute Gasteiger partial charge is 0.490 e. The van der Waals surface area contributed by atoms with Gasteiger partial charge in [-0.15, -0.1) is 0 Å². The fraction of sp³-hybridized carbons (Fsp3) is 0.462. The zero-order valence-corrected chi connectivity index (χ0v) is 11.1. The van der Waals surface area contributed by atoms with Crippen molar-refractivity contribution in [3.63, 3.8) is 0 Å². The maximum Gasteiger partial charge on any atom is 0.163 e. The van der Waals surface area contributed by atoms with Crippen molar-refractivity contribution in [2.45, 2.75) is 26.9 Å². The van der Waals surface area contributed by atoms with Crippen LogP contribution in [-0.4, -0.2) is 25.1 Å². The van der Waals surface area contributed by atoms with Crippen molar-refractivity contribution in [2.75, 3.05) is 13.2 Å². The molecular formula is C13H17ClO3. The van der Waals surface area contributed by atoms with Crippen LogP contribution in [0.4, 0.5) is 0 Å². The molecule has 0 heterocycles. The quantitative estimate of drug-likeness (QED) is 0.578. The molecule has 0 radical (unpaired) electrons. The number of benzene rings is 1. The number of carbonyl (C=O) groups excluding carboxylic acids is 1. The fourth-order valence-electron chi connectivity index (χ4n) is 1.34. The Morgan fingerprint density at radius 2 is 2.06 bits per heavy atom. The number of ether oxygens (including phenoxy) is 2. The third-order valence-corrected chi connectivity index (χ3v) is 2.35. The van der Waals surface area contributed by atoms with Crippen molar-refractivity contribution in [3.05, 3.63) is 28.8 Å². The molecule has 0 fully saturated rings. The van der Waals surface area contributed by atoms with Gasteiger partial charge in [0.25, 0.3) is 0 Å². The summed E-state index contributed by atoms with van der Waals surface area (Å²) in [7, 11) is 0. The number of carbonyl (C=O) groups is 1. The second-order valence-electron chi connectivity index (χ2n) is 3.96. The van der Waals surface area contributed by atoms with Crippen molar-refractivity contribution in [1.29, 1.82) is 0 Å². The molecule has 0 aliphatic rings. The van der Waals surface area contributed by atoms with Crippen LogP contribution in [0.5, 0.6) is 5.75 Å². The van der Waals surface area contributed by atoms with Gasteiger partial charge in [-0.05, 0) is 39.0 Å². The van der Waals surface area contributed by atoms with E-state index in [0.717, 1.165) is 0 Å². The van der Waals surface area contributed by atoms with Gasteiger partial charge < -0.3 is 9.47 Å². The normalized spacial score (nSPS) is 10.6. The molecule has 0 saturated carbocycles. The van der Waals surface area contributed by atoms with Crippen LogP contribution in [-0.2, 0) is 4.74 Å². The zero-order valence-electron chi connectivity index (χ0n) is 10.3. The van der Waals surface area contributed by atoms with Crippen molar-refractivity contribution in [3.8, 4) is 5.75 Å². The van der Waals surface area contributed by atoms with E-state index in [1.165, 1.54) is 6.92 Å². The molecule has 0 amide bonds. The topological polar surface area (TPSA) is 35.5 Å². The van der Waals surface area contributed by atoms with E-state index in [1.807, 2.05) is 13.8 Å². The third kappa shape index (κ3) is 4.75. The third-order valence-electron chi connectivity index (χ3n) is 2.11. The first kappa shape index (κ1) is 14.0. The summed E-state index contributed by atoms with van der Waals surface area (Å²) in [5, 5.41) is 0.529. The van der Waals surface area contributed by atoms with Gasteiger partial charge in [0.1, 0.15) is 12.4 Å². The van der Waals surface area contributed by atoms with Crippen LogP contribution >= 0.6 is 11.6 Å². The highest BCUT2D eigenvalue weighted by Crippen LogP contribution is 2.23. The van der Waals surface area contributed by atoms with Gasteiger partial charge in [0, 0.05) is 5.02 Å². The predicted molar refractivity (Wildman–Crippen MR) is 68.0 cm³/mol. The van der Waals surface area contributed by atoms with Crippen LogP contribution in [0.25, 0.3) is 0 Å². The lowest BCUT2D eigenvalue weighted by Gasteiger charge is -2.11. The van der Waals surface area contributed by atoms with Crippen LogP contribution in [0, 0.1) is 0 Å². The Balaban J connectivity index is 2.61. The summed E-state index contributed by atoms with van der Waals surface area (Å²) in [6.07, 6.45) is 0.177. The Bertz CT molecular complexity index is 388. The average Bonchev–Trinajstić information content (AvgIpc) is 2.25. The lowest BCUT2D eigenvalue weighted by Crippen LogP contribution is -2.12. The molecule has 0 aliphatic heterocycles. The Morgan fingerprint density at radius 3 is 2.65 bits per heavy atom. The van der Waals surface area contributed by atoms with Gasteiger partial charge >= 0.3 is 0 Å². The number of hydrogen-bond donors (Lipinski definition) is 0. The molecule has 4 heteroatoms. The molecule has 0 unspecified atom stereocenters. The smallest absolute Gasteiger partial charge is 0.163 e. The van der Waals surface area contributed by atoms with Crippen molar-refractivity contribution in [1.82, 2.24) is 0 Å². The molecule has 3 nitrogen and oxygen atoms in total. The van der Waals surface area contributed by atoms with Gasteiger partial charge in [0.2, 0.25) is 0 Å². The minimum absolute atomic E-state index is 0.0627. The van der Waals surface area contributed by atoms with E-state index < -0.39 is 0 Å². The van der Waals surface area contributed by atoms with Gasteiger partial charge in [0.15, 0.2) is 5.78 Å². The van der Waals surface area contributed by atoms with E-state index in [2.05, 4.69) is 0 Å². The van der Waals surface area contributed by atoms with Crippen LogP contribution in [0.2, 0.25) is 5.02 Å². The highest BCUT2D eigenvalue weighted by atomic mass is 35.5. The summed E-state index contributed by atoms with van der Waals surface area (Å²) in [5.41, 5.74) is 0.502. The summed E-state index contributed by atoms with van der Waals surface area (Å²) in [5.74, 6) is 0.488. The first-order chi connectivity index (χ1) is 8.00. The molecule has 0 bridgehead atoms. The predicted octanol–water partition coefficient (Wildman–Crippen LogP) is 3.35. The molecule has 0 aliphatic carbocycles. The summed E-state index contributed by atoms with van der Waals surface area (Å²) in [4.78, 5) is 11.4. The van der Waals surface area contributed by atoms with Crippen LogP contribution in [0.1, 0.15) is 31.1 Å². The molecule has 0 spiro atoms. The molecule has 0 saturated heterocycles. The Morgan fingerprint density at radius 1 is 1.35 bits per heavy atom. The van der Waals surface area contributed by atoms with Gasteiger partial charge in [-0.3, -0.25) is 4.79 Å². The first-order valence-corrected chi connectivity index (χ1v) is 5.93. The second-order valence-corrected chi connectivity index (χ2v) is 4.40. The number of rotatable bonds is 6.